The predicted octanol–water partition coefficient (Wildman–Crippen LogP) is 17.5. The Morgan fingerprint density at radius 2 is 0.642 bits per heavy atom. The molecule has 2 nitrogen and oxygen atoms in total. The van der Waals surface area contributed by atoms with E-state index in [1.54, 1.807) is 0 Å². The number of hydrogen-bond acceptors (Lipinski definition) is 2. The highest BCUT2D eigenvalue weighted by Gasteiger charge is 2.52. The molecule has 1 spiro atoms. The van der Waals surface area contributed by atoms with Crippen molar-refractivity contribution >= 4 is 44.9 Å². The number of anilines is 6. The topological polar surface area (TPSA) is 6.48 Å². The summed E-state index contributed by atoms with van der Waals surface area (Å²) in [5, 5.41) is 2.42. The van der Waals surface area contributed by atoms with Crippen LogP contribution in [0, 0.1) is 0 Å². The molecule has 314 valence electrons. The number of fused-ring (bicyclic) bond motifs is 11. The van der Waals surface area contributed by atoms with E-state index < -0.39 is 5.41 Å². The van der Waals surface area contributed by atoms with Crippen LogP contribution < -0.4 is 9.80 Å². The van der Waals surface area contributed by atoms with Gasteiger partial charge in [0.05, 0.1) is 11.1 Å². The first-order valence-electron chi connectivity index (χ1n) is 23.2. The van der Waals surface area contributed by atoms with E-state index in [-0.39, 0.29) is 0 Å². The van der Waals surface area contributed by atoms with Crippen LogP contribution in [0.3, 0.4) is 0 Å². The molecule has 0 saturated heterocycles. The van der Waals surface area contributed by atoms with E-state index in [9.17, 15) is 0 Å². The molecule has 2 aliphatic rings. The van der Waals surface area contributed by atoms with Gasteiger partial charge in [-0.25, -0.2) is 0 Å². The van der Waals surface area contributed by atoms with Gasteiger partial charge in [-0.2, -0.15) is 0 Å². The van der Waals surface area contributed by atoms with E-state index in [0.717, 1.165) is 34.1 Å². The SMILES string of the molecule is c1ccc(-c2cccc(N(c3ccccc3)c3ccc4c(c3)C3(c5ccccc5-4)c4ccccc4-c4ccc(N(c5ccccc5)c5cc6ccccc6cc5-c5ccccc5)cc43)c2)cc1. The van der Waals surface area contributed by atoms with Crippen molar-refractivity contribution in [3.63, 3.8) is 0 Å². The maximum absolute atomic E-state index is 2.50. The summed E-state index contributed by atoms with van der Waals surface area (Å²) < 4.78 is 0. The summed E-state index contributed by atoms with van der Waals surface area (Å²) in [6, 6.07) is 98.2. The summed E-state index contributed by atoms with van der Waals surface area (Å²) in [6.45, 7) is 0. The Kier molecular flexibility index (Phi) is 9.11. The lowest BCUT2D eigenvalue weighted by Gasteiger charge is -2.34. The molecular weight excluding hydrogens is 809 g/mol. The number of para-hydroxylation sites is 2. The summed E-state index contributed by atoms with van der Waals surface area (Å²) >= 11 is 0. The lowest BCUT2D eigenvalue weighted by Crippen LogP contribution is -2.26. The number of nitrogens with zero attached hydrogens (tertiary/aromatic N) is 2. The summed E-state index contributed by atoms with van der Waals surface area (Å²) in [6.07, 6.45) is 0. The van der Waals surface area contributed by atoms with Crippen LogP contribution in [0.2, 0.25) is 0 Å². The molecule has 0 aliphatic heterocycles. The first-order valence-corrected chi connectivity index (χ1v) is 23.2. The molecule has 11 aromatic carbocycles. The van der Waals surface area contributed by atoms with E-state index in [0.29, 0.717) is 0 Å². The van der Waals surface area contributed by atoms with E-state index in [1.807, 2.05) is 0 Å². The Morgan fingerprint density at radius 1 is 0.224 bits per heavy atom. The van der Waals surface area contributed by atoms with E-state index in [1.165, 1.54) is 77.5 Å². The van der Waals surface area contributed by atoms with Crippen molar-refractivity contribution in [1.82, 2.24) is 0 Å². The number of rotatable bonds is 8. The van der Waals surface area contributed by atoms with Crippen LogP contribution in [0.5, 0.6) is 0 Å². The molecule has 2 heteroatoms. The third-order valence-electron chi connectivity index (χ3n) is 14.0. The van der Waals surface area contributed by atoms with Crippen LogP contribution in [0.1, 0.15) is 22.3 Å². The van der Waals surface area contributed by atoms with Gasteiger partial charge >= 0.3 is 0 Å². The molecule has 0 aromatic heterocycles. The largest absolute Gasteiger partial charge is 0.310 e. The predicted molar refractivity (Wildman–Crippen MR) is 280 cm³/mol. The summed E-state index contributed by atoms with van der Waals surface area (Å²) in [5.74, 6) is 0. The third kappa shape index (κ3) is 6.18. The zero-order valence-electron chi connectivity index (χ0n) is 36.8. The van der Waals surface area contributed by atoms with Gasteiger partial charge in [-0.1, -0.05) is 194 Å². The van der Waals surface area contributed by atoms with Gasteiger partial charge in [-0.05, 0) is 145 Å². The van der Waals surface area contributed by atoms with Gasteiger partial charge in [0.1, 0.15) is 0 Å². The van der Waals surface area contributed by atoms with Gasteiger partial charge in [-0.3, -0.25) is 0 Å². The minimum absolute atomic E-state index is 0.591. The lowest BCUT2D eigenvalue weighted by molar-refractivity contribution is 0.793. The fourth-order valence-corrected chi connectivity index (χ4v) is 11.1. The third-order valence-corrected chi connectivity index (χ3v) is 14.0. The van der Waals surface area contributed by atoms with Crippen molar-refractivity contribution in [1.29, 1.82) is 0 Å². The second kappa shape index (κ2) is 15.8. The Morgan fingerprint density at radius 3 is 1.24 bits per heavy atom. The van der Waals surface area contributed by atoms with Crippen molar-refractivity contribution in [2.75, 3.05) is 9.80 Å². The highest BCUT2D eigenvalue weighted by Crippen LogP contribution is 2.64. The first-order chi connectivity index (χ1) is 33.2. The van der Waals surface area contributed by atoms with Crippen LogP contribution in [-0.4, -0.2) is 0 Å². The zero-order chi connectivity index (χ0) is 44.3. The monoisotopic (exact) mass is 852 g/mol. The molecule has 13 rings (SSSR count). The Balaban J connectivity index is 1.06. The highest BCUT2D eigenvalue weighted by atomic mass is 15.1. The first kappa shape index (κ1) is 38.7. The van der Waals surface area contributed by atoms with E-state index >= 15 is 0 Å². The van der Waals surface area contributed by atoms with Crippen molar-refractivity contribution in [2.24, 2.45) is 0 Å². The molecule has 11 aromatic rings. The Hall–Kier alpha value is -8.72. The molecule has 67 heavy (non-hydrogen) atoms. The minimum Gasteiger partial charge on any atom is -0.310 e. The molecule has 0 N–H and O–H groups in total. The maximum Gasteiger partial charge on any atom is 0.0727 e. The fraction of sp³-hybridized carbons (Fsp3) is 0.0154. The number of benzene rings is 11. The molecule has 0 amide bonds. The quantitative estimate of drug-likeness (QED) is 0.150. The van der Waals surface area contributed by atoms with Crippen LogP contribution in [0.15, 0.2) is 267 Å². The lowest BCUT2D eigenvalue weighted by atomic mass is 9.70. The van der Waals surface area contributed by atoms with Crippen LogP contribution in [0.4, 0.5) is 34.1 Å². The standard InChI is InChI=1S/C65H44N2/c1-5-20-45(21-6-1)47-26-19-31-52(40-47)66(50-27-9-3-10-28-50)53-36-38-57-55-32-15-17-34-60(55)65(62(57)43-53)61-35-18-16-33-56(61)58-39-37-54(44-63(58)65)67(51-29-11-4-12-30-51)64-42-49-25-14-13-24-48(49)41-59(64)46-22-7-2-8-23-46/h1-44H. The van der Waals surface area contributed by atoms with Crippen molar-refractivity contribution in [3.8, 4) is 44.5 Å². The van der Waals surface area contributed by atoms with Gasteiger partial charge in [0.2, 0.25) is 0 Å². The van der Waals surface area contributed by atoms with E-state index in [2.05, 4.69) is 277 Å². The molecule has 0 heterocycles. The molecule has 0 saturated carbocycles. The fourth-order valence-electron chi connectivity index (χ4n) is 11.1. The van der Waals surface area contributed by atoms with E-state index in [4.69, 9.17) is 0 Å². The second-order valence-electron chi connectivity index (χ2n) is 17.6. The maximum atomic E-state index is 2.50. The molecule has 0 fully saturated rings. The van der Waals surface area contributed by atoms with Gasteiger partial charge in [0.15, 0.2) is 0 Å². The van der Waals surface area contributed by atoms with Gasteiger partial charge in [0.25, 0.3) is 0 Å². The number of hydrogen-bond donors (Lipinski definition) is 0. The van der Waals surface area contributed by atoms with Crippen molar-refractivity contribution < 1.29 is 0 Å². The smallest absolute Gasteiger partial charge is 0.0727 e. The minimum atomic E-state index is -0.591. The van der Waals surface area contributed by atoms with Gasteiger partial charge in [-0.15, -0.1) is 0 Å². The highest BCUT2D eigenvalue weighted by molar-refractivity contribution is 6.01. The Bertz CT molecular complexity index is 3630. The van der Waals surface area contributed by atoms with Crippen LogP contribution >= 0.6 is 0 Å². The van der Waals surface area contributed by atoms with Gasteiger partial charge in [0, 0.05) is 34.0 Å². The molecule has 0 bridgehead atoms. The summed E-state index contributed by atoms with van der Waals surface area (Å²) in [5.41, 5.74) is 21.1. The molecule has 2 aliphatic carbocycles. The molecular formula is C65H44N2. The molecule has 1 atom stereocenters. The normalized spacial score (nSPS) is 14.0. The average Bonchev–Trinajstić information content (AvgIpc) is 3.86. The van der Waals surface area contributed by atoms with Crippen molar-refractivity contribution in [3.05, 3.63) is 289 Å². The summed E-state index contributed by atoms with van der Waals surface area (Å²) in [4.78, 5) is 4.89. The van der Waals surface area contributed by atoms with Crippen LogP contribution in [0.25, 0.3) is 55.3 Å². The average molecular weight is 853 g/mol. The molecule has 0 radical (unpaired) electrons. The van der Waals surface area contributed by atoms with Crippen LogP contribution in [-0.2, 0) is 5.41 Å². The second-order valence-corrected chi connectivity index (χ2v) is 17.6. The zero-order valence-corrected chi connectivity index (χ0v) is 36.8. The Labute approximate surface area is 391 Å². The summed E-state index contributed by atoms with van der Waals surface area (Å²) in [7, 11) is 0. The van der Waals surface area contributed by atoms with Gasteiger partial charge < -0.3 is 9.80 Å². The molecule has 1 unspecified atom stereocenters. The van der Waals surface area contributed by atoms with Crippen molar-refractivity contribution in [2.45, 2.75) is 5.41 Å².